The number of hydrogen-bond acceptors (Lipinski definition) is 3. The van der Waals surface area contributed by atoms with Crippen LogP contribution in [0.25, 0.3) is 0 Å². The molecule has 0 saturated heterocycles. The van der Waals surface area contributed by atoms with Crippen LogP contribution in [-0.4, -0.2) is 13.3 Å². The van der Waals surface area contributed by atoms with Gasteiger partial charge in [-0.1, -0.05) is 24.3 Å². The average molecular weight is 229 g/mol. The standard InChI is InChI=1S/C14H15NO2/c1-11-5-3-4-6-12(11)9-15(2)14-8-7-13(10-16)17-14/h3-8,10H,9H2,1-2H3. The van der Waals surface area contributed by atoms with Gasteiger partial charge in [0.25, 0.3) is 0 Å². The molecule has 0 atom stereocenters. The highest BCUT2D eigenvalue weighted by atomic mass is 16.4. The third-order valence-corrected chi connectivity index (χ3v) is 2.77. The molecule has 0 fully saturated rings. The number of carbonyl (C=O) groups is 1. The first-order valence-corrected chi connectivity index (χ1v) is 5.51. The maximum atomic E-state index is 10.5. The summed E-state index contributed by atoms with van der Waals surface area (Å²) in [5, 5.41) is 0. The highest BCUT2D eigenvalue weighted by Crippen LogP contribution is 2.19. The topological polar surface area (TPSA) is 33.5 Å². The van der Waals surface area contributed by atoms with E-state index in [0.717, 1.165) is 6.54 Å². The van der Waals surface area contributed by atoms with E-state index in [4.69, 9.17) is 4.42 Å². The number of nitrogens with zero attached hydrogens (tertiary/aromatic N) is 1. The molecular formula is C14H15NO2. The van der Waals surface area contributed by atoms with Crippen LogP contribution in [0, 0.1) is 6.92 Å². The molecule has 3 heteroatoms. The molecule has 88 valence electrons. The third-order valence-electron chi connectivity index (χ3n) is 2.77. The molecule has 17 heavy (non-hydrogen) atoms. The number of aldehydes is 1. The van der Waals surface area contributed by atoms with E-state index in [0.29, 0.717) is 17.9 Å². The smallest absolute Gasteiger partial charge is 0.196 e. The van der Waals surface area contributed by atoms with Crippen LogP contribution >= 0.6 is 0 Å². The Bertz CT molecular complexity index is 516. The van der Waals surface area contributed by atoms with E-state index >= 15 is 0 Å². The number of benzene rings is 1. The van der Waals surface area contributed by atoms with E-state index in [-0.39, 0.29) is 0 Å². The Morgan fingerprint density at radius 1 is 1.24 bits per heavy atom. The molecule has 1 aromatic heterocycles. The molecule has 0 aliphatic heterocycles. The van der Waals surface area contributed by atoms with Crippen LogP contribution in [0.1, 0.15) is 21.7 Å². The van der Waals surface area contributed by atoms with Crippen LogP contribution in [0.15, 0.2) is 40.8 Å². The molecule has 2 rings (SSSR count). The van der Waals surface area contributed by atoms with Crippen molar-refractivity contribution in [1.82, 2.24) is 0 Å². The zero-order valence-corrected chi connectivity index (χ0v) is 10.0. The van der Waals surface area contributed by atoms with Gasteiger partial charge in [-0.3, -0.25) is 4.79 Å². The van der Waals surface area contributed by atoms with Gasteiger partial charge in [-0.15, -0.1) is 0 Å². The van der Waals surface area contributed by atoms with E-state index < -0.39 is 0 Å². The minimum Gasteiger partial charge on any atom is -0.438 e. The molecule has 0 amide bonds. The summed E-state index contributed by atoms with van der Waals surface area (Å²) in [6.45, 7) is 2.85. The highest BCUT2D eigenvalue weighted by Gasteiger charge is 2.08. The van der Waals surface area contributed by atoms with E-state index in [1.54, 1.807) is 6.07 Å². The molecule has 0 saturated carbocycles. The summed E-state index contributed by atoms with van der Waals surface area (Å²) in [4.78, 5) is 12.5. The number of carbonyl (C=O) groups excluding carboxylic acids is 1. The Morgan fingerprint density at radius 2 is 2.00 bits per heavy atom. The van der Waals surface area contributed by atoms with Gasteiger partial charge in [-0.25, -0.2) is 0 Å². The van der Waals surface area contributed by atoms with Crippen LogP contribution in [0.4, 0.5) is 5.88 Å². The first-order valence-electron chi connectivity index (χ1n) is 5.51. The van der Waals surface area contributed by atoms with Gasteiger partial charge in [0.1, 0.15) is 0 Å². The maximum absolute atomic E-state index is 10.5. The van der Waals surface area contributed by atoms with Crippen molar-refractivity contribution in [2.45, 2.75) is 13.5 Å². The lowest BCUT2D eigenvalue weighted by atomic mass is 10.1. The van der Waals surface area contributed by atoms with Gasteiger partial charge in [-0.05, 0) is 24.1 Å². The van der Waals surface area contributed by atoms with E-state index in [9.17, 15) is 4.79 Å². The fourth-order valence-corrected chi connectivity index (χ4v) is 1.73. The zero-order valence-electron chi connectivity index (χ0n) is 10.0. The summed E-state index contributed by atoms with van der Waals surface area (Å²) >= 11 is 0. The largest absolute Gasteiger partial charge is 0.438 e. The Kier molecular flexibility index (Phi) is 3.28. The minimum absolute atomic E-state index is 0.358. The lowest BCUT2D eigenvalue weighted by Gasteiger charge is -2.17. The van der Waals surface area contributed by atoms with Crippen LogP contribution < -0.4 is 4.90 Å². The molecular weight excluding hydrogens is 214 g/mol. The first-order chi connectivity index (χ1) is 8.20. The van der Waals surface area contributed by atoms with Crippen molar-refractivity contribution in [3.63, 3.8) is 0 Å². The zero-order chi connectivity index (χ0) is 12.3. The van der Waals surface area contributed by atoms with Crippen molar-refractivity contribution in [1.29, 1.82) is 0 Å². The van der Waals surface area contributed by atoms with Crippen molar-refractivity contribution >= 4 is 12.2 Å². The van der Waals surface area contributed by atoms with Gasteiger partial charge in [0.2, 0.25) is 0 Å². The second kappa shape index (κ2) is 4.87. The van der Waals surface area contributed by atoms with Gasteiger partial charge in [0, 0.05) is 19.7 Å². The third kappa shape index (κ3) is 2.56. The van der Waals surface area contributed by atoms with Crippen LogP contribution in [0.3, 0.4) is 0 Å². The molecule has 0 aliphatic rings. The Balaban J connectivity index is 2.14. The maximum Gasteiger partial charge on any atom is 0.196 e. The molecule has 0 radical (unpaired) electrons. The molecule has 0 bridgehead atoms. The highest BCUT2D eigenvalue weighted by molar-refractivity contribution is 5.71. The molecule has 1 heterocycles. The number of anilines is 1. The molecule has 0 N–H and O–H groups in total. The van der Waals surface area contributed by atoms with Gasteiger partial charge >= 0.3 is 0 Å². The van der Waals surface area contributed by atoms with Crippen molar-refractivity contribution in [2.75, 3.05) is 11.9 Å². The summed E-state index contributed by atoms with van der Waals surface area (Å²) in [6, 6.07) is 11.7. The SMILES string of the molecule is Cc1ccccc1CN(C)c1ccc(C=O)o1. The monoisotopic (exact) mass is 229 g/mol. The summed E-state index contributed by atoms with van der Waals surface area (Å²) in [5.41, 5.74) is 2.50. The van der Waals surface area contributed by atoms with Gasteiger partial charge in [-0.2, -0.15) is 0 Å². The van der Waals surface area contributed by atoms with E-state index in [1.165, 1.54) is 11.1 Å². The molecule has 3 nitrogen and oxygen atoms in total. The second-order valence-electron chi connectivity index (χ2n) is 4.08. The van der Waals surface area contributed by atoms with Crippen molar-refractivity contribution < 1.29 is 9.21 Å². The molecule has 1 aromatic carbocycles. The van der Waals surface area contributed by atoms with Crippen LogP contribution in [0.5, 0.6) is 0 Å². The Morgan fingerprint density at radius 3 is 2.65 bits per heavy atom. The number of furan rings is 1. The van der Waals surface area contributed by atoms with E-state index in [1.807, 2.05) is 30.1 Å². The summed E-state index contributed by atoms with van der Waals surface area (Å²) in [5.74, 6) is 1.06. The van der Waals surface area contributed by atoms with E-state index in [2.05, 4.69) is 19.1 Å². The average Bonchev–Trinajstić information content (AvgIpc) is 2.81. The molecule has 0 aliphatic carbocycles. The van der Waals surface area contributed by atoms with Crippen molar-refractivity contribution in [3.05, 3.63) is 53.3 Å². The predicted molar refractivity (Wildman–Crippen MR) is 67.4 cm³/mol. The number of aryl methyl sites for hydroxylation is 1. The molecule has 2 aromatic rings. The minimum atomic E-state index is 0.358. The van der Waals surface area contributed by atoms with Gasteiger partial charge in [0.15, 0.2) is 17.9 Å². The van der Waals surface area contributed by atoms with Crippen molar-refractivity contribution in [3.8, 4) is 0 Å². The fourth-order valence-electron chi connectivity index (χ4n) is 1.73. The quantitative estimate of drug-likeness (QED) is 0.755. The fraction of sp³-hybridized carbons (Fsp3) is 0.214. The molecule has 0 unspecified atom stereocenters. The Hall–Kier alpha value is -2.03. The molecule has 0 spiro atoms. The summed E-state index contributed by atoms with van der Waals surface area (Å²) in [7, 11) is 1.94. The van der Waals surface area contributed by atoms with Crippen LogP contribution in [0.2, 0.25) is 0 Å². The number of rotatable bonds is 4. The number of hydrogen-bond donors (Lipinski definition) is 0. The van der Waals surface area contributed by atoms with Crippen LogP contribution in [-0.2, 0) is 6.54 Å². The Labute approximate surface area is 101 Å². The normalized spacial score (nSPS) is 10.2. The summed E-state index contributed by atoms with van der Waals surface area (Å²) in [6.07, 6.45) is 0.713. The van der Waals surface area contributed by atoms with Gasteiger partial charge < -0.3 is 9.32 Å². The first kappa shape index (κ1) is 11.5. The second-order valence-corrected chi connectivity index (χ2v) is 4.08. The lowest BCUT2D eigenvalue weighted by Crippen LogP contribution is -2.16. The van der Waals surface area contributed by atoms with Crippen molar-refractivity contribution in [2.24, 2.45) is 0 Å². The lowest BCUT2D eigenvalue weighted by molar-refractivity contribution is 0.110. The van der Waals surface area contributed by atoms with Gasteiger partial charge in [0.05, 0.1) is 0 Å². The summed E-state index contributed by atoms with van der Waals surface area (Å²) < 4.78 is 5.36. The predicted octanol–water partition coefficient (Wildman–Crippen LogP) is 3.04.